The Kier molecular flexibility index (Phi) is 6.49. The van der Waals surface area contributed by atoms with Crippen LogP contribution in [0.2, 0.25) is 0 Å². The molecule has 0 bridgehead atoms. The lowest BCUT2D eigenvalue weighted by molar-refractivity contribution is -0.144. The van der Waals surface area contributed by atoms with Crippen LogP contribution in [0, 0.1) is 0 Å². The van der Waals surface area contributed by atoms with Gasteiger partial charge >= 0.3 is 5.97 Å². The van der Waals surface area contributed by atoms with Crippen molar-refractivity contribution in [2.75, 3.05) is 19.9 Å². The van der Waals surface area contributed by atoms with Gasteiger partial charge in [0.15, 0.2) is 0 Å². The average molecular weight is 274 g/mol. The number of amides is 1. The van der Waals surface area contributed by atoms with Gasteiger partial charge in [-0.1, -0.05) is 6.42 Å². The first-order valence-corrected chi connectivity index (χ1v) is 7.48. The van der Waals surface area contributed by atoms with Crippen LogP contribution in [0.15, 0.2) is 0 Å². The fraction of sp³-hybridized carbons (Fsp3) is 0.833. The van der Waals surface area contributed by atoms with E-state index in [0.29, 0.717) is 17.8 Å². The summed E-state index contributed by atoms with van der Waals surface area (Å²) in [4.78, 5) is 22.6. The third kappa shape index (κ3) is 4.49. The van der Waals surface area contributed by atoms with Crippen LogP contribution in [0.1, 0.15) is 26.2 Å². The van der Waals surface area contributed by atoms with Gasteiger partial charge in [-0.25, -0.2) is 4.79 Å². The lowest BCUT2D eigenvalue weighted by Gasteiger charge is -2.22. The minimum Gasteiger partial charge on any atom is -0.467 e. The van der Waals surface area contributed by atoms with E-state index in [1.54, 1.807) is 0 Å². The van der Waals surface area contributed by atoms with Gasteiger partial charge in [-0.3, -0.25) is 4.79 Å². The molecule has 0 aromatic carbocycles. The summed E-state index contributed by atoms with van der Waals surface area (Å²) in [5.41, 5.74) is 0. The molecule has 0 saturated heterocycles. The molecular formula is C12H22N2O3S. The molecule has 1 fully saturated rings. The average Bonchev–Trinajstić information content (AvgIpc) is 2.80. The summed E-state index contributed by atoms with van der Waals surface area (Å²) < 4.78 is 4.68. The van der Waals surface area contributed by atoms with Crippen molar-refractivity contribution in [1.29, 1.82) is 0 Å². The Hall–Kier alpha value is -0.750. The van der Waals surface area contributed by atoms with Gasteiger partial charge in [0.2, 0.25) is 5.91 Å². The maximum absolute atomic E-state index is 11.5. The molecule has 3 unspecified atom stereocenters. The topological polar surface area (TPSA) is 67.4 Å². The van der Waals surface area contributed by atoms with Gasteiger partial charge in [0, 0.05) is 24.8 Å². The van der Waals surface area contributed by atoms with Crippen LogP contribution < -0.4 is 10.6 Å². The van der Waals surface area contributed by atoms with Crippen LogP contribution >= 0.6 is 11.8 Å². The summed E-state index contributed by atoms with van der Waals surface area (Å²) in [5.74, 6) is -0.628. The SMILES string of the molecule is COC(=O)C(CNC1CCCC1SC)NC(C)=O. The quantitative estimate of drug-likeness (QED) is 0.692. The summed E-state index contributed by atoms with van der Waals surface area (Å²) >= 11 is 1.85. The molecule has 0 aromatic rings. The molecule has 0 radical (unpaired) electrons. The van der Waals surface area contributed by atoms with Crippen LogP contribution in [0.25, 0.3) is 0 Å². The highest BCUT2D eigenvalue weighted by Crippen LogP contribution is 2.28. The summed E-state index contributed by atoms with van der Waals surface area (Å²) in [5, 5.41) is 6.57. The molecule has 0 spiro atoms. The van der Waals surface area contributed by atoms with Crippen molar-refractivity contribution in [3.8, 4) is 0 Å². The van der Waals surface area contributed by atoms with Gasteiger partial charge in [0.25, 0.3) is 0 Å². The number of carbonyl (C=O) groups is 2. The van der Waals surface area contributed by atoms with E-state index >= 15 is 0 Å². The highest BCUT2D eigenvalue weighted by molar-refractivity contribution is 7.99. The molecule has 6 heteroatoms. The predicted molar refractivity (Wildman–Crippen MR) is 72.6 cm³/mol. The van der Waals surface area contributed by atoms with Gasteiger partial charge in [0.1, 0.15) is 6.04 Å². The van der Waals surface area contributed by atoms with Crippen molar-refractivity contribution in [1.82, 2.24) is 10.6 Å². The standard InChI is InChI=1S/C12H22N2O3S/c1-8(15)14-10(12(16)17-2)7-13-9-5-4-6-11(9)18-3/h9-11,13H,4-7H2,1-3H3,(H,14,15). The fourth-order valence-corrected chi connectivity index (χ4v) is 3.25. The molecule has 3 atom stereocenters. The molecule has 2 N–H and O–H groups in total. The number of hydrogen-bond donors (Lipinski definition) is 2. The zero-order valence-corrected chi connectivity index (χ0v) is 12.0. The Bertz CT molecular complexity index is 299. The number of thioether (sulfide) groups is 1. The van der Waals surface area contributed by atoms with Gasteiger partial charge in [-0.05, 0) is 19.1 Å². The van der Waals surface area contributed by atoms with Crippen molar-refractivity contribution in [3.63, 3.8) is 0 Å². The van der Waals surface area contributed by atoms with E-state index in [9.17, 15) is 9.59 Å². The first kappa shape index (κ1) is 15.3. The number of ether oxygens (including phenoxy) is 1. The van der Waals surface area contributed by atoms with Gasteiger partial charge in [-0.15, -0.1) is 0 Å². The van der Waals surface area contributed by atoms with Crippen LogP contribution in [0.4, 0.5) is 0 Å². The molecule has 0 aliphatic heterocycles. The third-order valence-corrected chi connectivity index (χ3v) is 4.37. The molecule has 1 amide bonds. The minimum absolute atomic E-state index is 0.222. The summed E-state index contributed by atoms with van der Waals surface area (Å²) in [6, 6.07) is -0.184. The molecule has 18 heavy (non-hydrogen) atoms. The van der Waals surface area contributed by atoms with Crippen molar-refractivity contribution >= 4 is 23.6 Å². The number of esters is 1. The first-order chi connectivity index (χ1) is 8.58. The van der Waals surface area contributed by atoms with E-state index in [0.717, 1.165) is 6.42 Å². The Morgan fingerprint density at radius 2 is 2.17 bits per heavy atom. The number of rotatable bonds is 6. The molecular weight excluding hydrogens is 252 g/mol. The molecule has 5 nitrogen and oxygen atoms in total. The van der Waals surface area contributed by atoms with E-state index in [1.807, 2.05) is 11.8 Å². The number of hydrogen-bond acceptors (Lipinski definition) is 5. The second-order valence-corrected chi connectivity index (χ2v) is 5.57. The first-order valence-electron chi connectivity index (χ1n) is 6.19. The molecule has 1 rings (SSSR count). The van der Waals surface area contributed by atoms with E-state index in [2.05, 4.69) is 21.6 Å². The Balaban J connectivity index is 2.45. The number of carbonyl (C=O) groups excluding carboxylic acids is 2. The van der Waals surface area contributed by atoms with Gasteiger partial charge in [0.05, 0.1) is 7.11 Å². The van der Waals surface area contributed by atoms with E-state index in [-0.39, 0.29) is 5.91 Å². The Morgan fingerprint density at radius 3 is 2.72 bits per heavy atom. The lowest BCUT2D eigenvalue weighted by atomic mass is 10.2. The fourth-order valence-electron chi connectivity index (χ4n) is 2.29. The van der Waals surface area contributed by atoms with E-state index in [4.69, 9.17) is 0 Å². The maximum atomic E-state index is 11.5. The van der Waals surface area contributed by atoms with E-state index in [1.165, 1.54) is 26.9 Å². The molecule has 0 aromatic heterocycles. The van der Waals surface area contributed by atoms with Crippen LogP contribution in [-0.2, 0) is 14.3 Å². The zero-order valence-electron chi connectivity index (χ0n) is 11.2. The molecule has 1 aliphatic rings. The zero-order chi connectivity index (χ0) is 13.5. The van der Waals surface area contributed by atoms with Gasteiger partial charge < -0.3 is 15.4 Å². The lowest BCUT2D eigenvalue weighted by Crippen LogP contribution is -2.50. The Morgan fingerprint density at radius 1 is 1.44 bits per heavy atom. The smallest absolute Gasteiger partial charge is 0.329 e. The number of methoxy groups -OCH3 is 1. The van der Waals surface area contributed by atoms with E-state index < -0.39 is 12.0 Å². The largest absolute Gasteiger partial charge is 0.467 e. The van der Waals surface area contributed by atoms with Crippen molar-refractivity contribution in [3.05, 3.63) is 0 Å². The van der Waals surface area contributed by atoms with Crippen LogP contribution in [0.3, 0.4) is 0 Å². The summed E-state index contributed by atoms with van der Waals surface area (Å²) in [6.07, 6.45) is 5.66. The normalized spacial score (nSPS) is 24.6. The van der Waals surface area contributed by atoms with Crippen molar-refractivity contribution < 1.29 is 14.3 Å². The monoisotopic (exact) mass is 274 g/mol. The second-order valence-electron chi connectivity index (χ2n) is 4.50. The maximum Gasteiger partial charge on any atom is 0.329 e. The number of nitrogens with one attached hydrogen (secondary N) is 2. The summed E-state index contributed by atoms with van der Waals surface area (Å²) in [6.45, 7) is 1.82. The highest BCUT2D eigenvalue weighted by Gasteiger charge is 2.28. The summed E-state index contributed by atoms with van der Waals surface area (Å²) in [7, 11) is 1.33. The van der Waals surface area contributed by atoms with Crippen molar-refractivity contribution in [2.24, 2.45) is 0 Å². The van der Waals surface area contributed by atoms with Crippen LogP contribution in [-0.4, -0.2) is 49.1 Å². The predicted octanol–water partition coefficient (Wildman–Crippen LogP) is 0.538. The Labute approximate surface area is 112 Å². The second kappa shape index (κ2) is 7.63. The third-order valence-electron chi connectivity index (χ3n) is 3.20. The minimum atomic E-state index is -0.601. The molecule has 1 saturated carbocycles. The van der Waals surface area contributed by atoms with Crippen molar-refractivity contribution in [2.45, 2.75) is 43.5 Å². The van der Waals surface area contributed by atoms with Gasteiger partial charge in [-0.2, -0.15) is 11.8 Å². The van der Waals surface area contributed by atoms with Crippen LogP contribution in [0.5, 0.6) is 0 Å². The highest BCUT2D eigenvalue weighted by atomic mass is 32.2. The molecule has 0 heterocycles. The molecule has 104 valence electrons. The molecule has 1 aliphatic carbocycles.